The Morgan fingerprint density at radius 1 is 1.12 bits per heavy atom. The van der Waals surface area contributed by atoms with Crippen molar-refractivity contribution in [1.82, 2.24) is 9.88 Å². The first kappa shape index (κ1) is 21.1. The van der Waals surface area contributed by atoms with Crippen LogP contribution in [0.1, 0.15) is 35.6 Å². The molecule has 33 heavy (non-hydrogen) atoms. The van der Waals surface area contributed by atoms with Gasteiger partial charge in [-0.3, -0.25) is 24.1 Å². The average molecular weight is 489 g/mol. The van der Waals surface area contributed by atoms with Crippen LogP contribution < -0.4 is 4.87 Å². The summed E-state index contributed by atoms with van der Waals surface area (Å²) < 4.78 is 13.7. The number of fused-ring (bicyclic) bond motifs is 9. The van der Waals surface area contributed by atoms with E-state index in [-0.39, 0.29) is 76.7 Å². The lowest BCUT2D eigenvalue weighted by atomic mass is 9.68. The number of H-pyrrole nitrogens is 1. The van der Waals surface area contributed by atoms with Crippen LogP contribution in [0, 0.1) is 35.4 Å². The van der Waals surface area contributed by atoms with E-state index in [1.807, 2.05) is 0 Å². The number of rotatable bonds is 5. The normalized spacial score (nSPS) is 33.8. The van der Waals surface area contributed by atoms with Crippen LogP contribution in [-0.2, 0) is 14.4 Å². The van der Waals surface area contributed by atoms with E-state index in [1.165, 1.54) is 28.4 Å². The number of benzene rings is 1. The van der Waals surface area contributed by atoms with Crippen molar-refractivity contribution in [2.45, 2.75) is 35.5 Å². The topological polar surface area (TPSA) is 108 Å². The Bertz CT molecular complexity index is 1220. The van der Waals surface area contributed by atoms with Crippen LogP contribution in [0.5, 0.6) is 0 Å². The predicted molar refractivity (Wildman–Crippen MR) is 118 cm³/mol. The highest BCUT2D eigenvalue weighted by Gasteiger charge is 2.69. The number of likely N-dealkylation sites (tertiary alicyclic amines) is 1. The monoisotopic (exact) mass is 488 g/mol. The summed E-state index contributed by atoms with van der Waals surface area (Å²) >= 11 is 2.78. The number of aliphatic carboxylic acids is 1. The summed E-state index contributed by atoms with van der Waals surface area (Å²) in [6, 6.07) is 6.35. The highest BCUT2D eigenvalue weighted by Crippen LogP contribution is 2.68. The van der Waals surface area contributed by atoms with Crippen molar-refractivity contribution >= 4 is 40.9 Å². The number of nitrogens with zero attached hydrogens (tertiary/aromatic N) is 1. The number of hydrogen-bond donors (Lipinski definition) is 2. The maximum atomic E-state index is 13.7. The number of carbonyl (C=O) groups is 3. The smallest absolute Gasteiger partial charge is 0.305 e. The molecule has 172 valence electrons. The third kappa shape index (κ3) is 3.06. The highest BCUT2D eigenvalue weighted by molar-refractivity contribution is 8.00. The number of halogens is 1. The molecule has 1 aromatic heterocycles. The number of aromatic nitrogens is 1. The van der Waals surface area contributed by atoms with Crippen molar-refractivity contribution in [2.24, 2.45) is 29.6 Å². The Morgan fingerprint density at radius 3 is 2.52 bits per heavy atom. The van der Waals surface area contributed by atoms with Gasteiger partial charge in [-0.15, -0.1) is 11.8 Å². The van der Waals surface area contributed by atoms with Crippen molar-refractivity contribution < 1.29 is 23.9 Å². The van der Waals surface area contributed by atoms with Gasteiger partial charge in [0.25, 0.3) is 0 Å². The first-order valence-electron chi connectivity index (χ1n) is 11.1. The summed E-state index contributed by atoms with van der Waals surface area (Å²) in [6.07, 6.45) is 0.954. The zero-order valence-electron chi connectivity index (χ0n) is 17.4. The number of carboxylic acids is 1. The van der Waals surface area contributed by atoms with Gasteiger partial charge in [-0.05, 0) is 48.3 Å². The molecule has 3 fully saturated rings. The molecule has 7 nitrogen and oxygen atoms in total. The van der Waals surface area contributed by atoms with Crippen LogP contribution in [0.4, 0.5) is 4.39 Å². The molecule has 2 aliphatic carbocycles. The van der Waals surface area contributed by atoms with Crippen LogP contribution in [0.15, 0.2) is 34.1 Å². The van der Waals surface area contributed by atoms with E-state index in [0.717, 1.165) is 21.9 Å². The van der Waals surface area contributed by atoms with Crippen LogP contribution in [0.3, 0.4) is 0 Å². The van der Waals surface area contributed by atoms with Crippen LogP contribution >= 0.6 is 23.1 Å². The largest absolute Gasteiger partial charge is 0.481 e. The van der Waals surface area contributed by atoms with Crippen LogP contribution in [0.25, 0.3) is 0 Å². The van der Waals surface area contributed by atoms with Crippen molar-refractivity contribution in [3.8, 4) is 0 Å². The zero-order chi connectivity index (χ0) is 23.0. The van der Waals surface area contributed by atoms with E-state index < -0.39 is 11.9 Å². The third-order valence-electron chi connectivity index (χ3n) is 7.82. The summed E-state index contributed by atoms with van der Waals surface area (Å²) in [5.74, 6) is -2.44. The first-order valence-corrected chi connectivity index (χ1v) is 12.8. The molecule has 1 saturated heterocycles. The lowest BCUT2D eigenvalue weighted by Crippen LogP contribution is -2.42. The highest BCUT2D eigenvalue weighted by atomic mass is 32.2. The van der Waals surface area contributed by atoms with Crippen LogP contribution in [0.2, 0.25) is 0 Å². The molecule has 2 N–H and O–H groups in total. The second-order valence-electron chi connectivity index (χ2n) is 9.34. The minimum Gasteiger partial charge on any atom is -0.481 e. The standard InChI is InChI=1S/C23H21FN2O5S2/c24-10-5-3-9(4-6-10)14-15-11-8-12(18(15)32-20-19(14)33-23(31)25-20)17-16(11)21(29)26(22(17)30)7-1-2-13(27)28/h3-6,11-12,14-18H,1-2,7-8H2,(H,25,31)(H,27,28)/t11-,12+,14+,15+,16+,17+,18-/m0/s1. The SMILES string of the molecule is O=C(O)CCCN1C(=O)[C@@H]2[C@H]3C[C@@H]([C@@H]4Sc5[nH]c(=O)sc5[C@H](c5ccc(F)cc5)[C@@H]34)[C@H]2C1=O. The third-order valence-corrected chi connectivity index (χ3v) is 10.4. The van der Waals surface area contributed by atoms with Crippen LogP contribution in [-0.4, -0.2) is 44.6 Å². The molecule has 1 aromatic carbocycles. The molecule has 2 bridgehead atoms. The van der Waals surface area contributed by atoms with Gasteiger partial charge in [0.2, 0.25) is 11.8 Å². The molecule has 2 amide bonds. The molecule has 2 saturated carbocycles. The minimum atomic E-state index is -0.945. The Balaban J connectivity index is 1.37. The molecule has 4 aliphatic rings. The van der Waals surface area contributed by atoms with E-state index in [1.54, 1.807) is 23.9 Å². The fraction of sp³-hybridized carbons (Fsp3) is 0.478. The second kappa shape index (κ2) is 7.53. The summed E-state index contributed by atoms with van der Waals surface area (Å²) in [7, 11) is 0. The molecule has 0 unspecified atom stereocenters. The molecule has 6 rings (SSSR count). The summed E-state index contributed by atoms with van der Waals surface area (Å²) in [5, 5.41) is 9.82. The van der Waals surface area contributed by atoms with Gasteiger partial charge in [-0.1, -0.05) is 23.5 Å². The Kier molecular flexibility index (Phi) is 4.81. The van der Waals surface area contributed by atoms with Gasteiger partial charge in [-0.25, -0.2) is 4.39 Å². The van der Waals surface area contributed by atoms with Crippen molar-refractivity contribution in [3.05, 3.63) is 50.2 Å². The number of thiazole rings is 1. The predicted octanol–water partition coefficient (Wildman–Crippen LogP) is 2.91. The number of thioether (sulfide) groups is 1. The number of imide groups is 1. The number of amides is 2. The summed E-state index contributed by atoms with van der Waals surface area (Å²) in [4.78, 5) is 54.7. The maximum Gasteiger partial charge on any atom is 0.305 e. The Morgan fingerprint density at radius 2 is 1.82 bits per heavy atom. The molecular weight excluding hydrogens is 467 g/mol. The molecule has 10 heteroatoms. The van der Waals surface area contributed by atoms with Crippen molar-refractivity contribution in [2.75, 3.05) is 6.54 Å². The van der Waals surface area contributed by atoms with Gasteiger partial charge in [0, 0.05) is 29.0 Å². The molecule has 0 radical (unpaired) electrons. The van der Waals surface area contributed by atoms with Gasteiger partial charge in [0.1, 0.15) is 5.82 Å². The van der Waals surface area contributed by atoms with E-state index in [0.29, 0.717) is 0 Å². The molecule has 0 spiro atoms. The maximum absolute atomic E-state index is 13.7. The quantitative estimate of drug-likeness (QED) is 0.627. The van der Waals surface area contributed by atoms with Crippen molar-refractivity contribution in [3.63, 3.8) is 0 Å². The van der Waals surface area contributed by atoms with E-state index in [9.17, 15) is 23.6 Å². The number of hydrogen-bond acceptors (Lipinski definition) is 6. The lowest BCUT2D eigenvalue weighted by molar-refractivity contribution is -0.142. The zero-order valence-corrected chi connectivity index (χ0v) is 19.0. The van der Waals surface area contributed by atoms with Gasteiger partial charge in [0.15, 0.2) is 0 Å². The first-order chi connectivity index (χ1) is 15.8. The molecule has 3 heterocycles. The fourth-order valence-corrected chi connectivity index (χ4v) is 9.62. The van der Waals surface area contributed by atoms with E-state index in [2.05, 4.69) is 4.98 Å². The molecule has 2 aromatic rings. The number of nitrogens with one attached hydrogen (secondary N) is 1. The molecule has 2 aliphatic heterocycles. The fourth-order valence-electron chi connectivity index (χ4n) is 6.73. The Labute approximate surface area is 196 Å². The second-order valence-corrected chi connectivity index (χ2v) is 11.5. The van der Waals surface area contributed by atoms with Gasteiger partial charge in [-0.2, -0.15) is 0 Å². The van der Waals surface area contributed by atoms with Gasteiger partial charge >= 0.3 is 10.8 Å². The van der Waals surface area contributed by atoms with E-state index in [4.69, 9.17) is 5.11 Å². The molecular formula is C23H21FN2O5S2. The van der Waals surface area contributed by atoms with E-state index >= 15 is 0 Å². The molecule has 7 atom stereocenters. The van der Waals surface area contributed by atoms with Gasteiger partial charge in [0.05, 0.1) is 16.9 Å². The summed E-state index contributed by atoms with van der Waals surface area (Å²) in [6.45, 7) is 0.140. The van der Waals surface area contributed by atoms with Gasteiger partial charge < -0.3 is 10.1 Å². The summed E-state index contributed by atoms with van der Waals surface area (Å²) in [5.41, 5.74) is 0.919. The lowest BCUT2D eigenvalue weighted by Gasteiger charge is -2.43. The van der Waals surface area contributed by atoms with Crippen molar-refractivity contribution in [1.29, 1.82) is 0 Å². The number of carbonyl (C=O) groups excluding carboxylic acids is 2. The minimum absolute atomic E-state index is 0.00108. The number of aromatic amines is 1. The number of carboxylic acid groups (broad SMARTS) is 1. The Hall–Kier alpha value is -2.46. The average Bonchev–Trinajstić information content (AvgIpc) is 3.49.